The summed E-state index contributed by atoms with van der Waals surface area (Å²) in [5.74, 6) is -0.410. The SMILES string of the molecule is CSc1ccc([N+](=O)[O-])c(C(=O)N(C)Cc2ccccc2Cl)c1. The number of carbonyl (C=O) groups is 1. The van der Waals surface area contributed by atoms with Crippen LogP contribution in [0.25, 0.3) is 0 Å². The van der Waals surface area contributed by atoms with Crippen LogP contribution in [0.4, 0.5) is 5.69 Å². The summed E-state index contributed by atoms with van der Waals surface area (Å²) in [4.78, 5) is 25.5. The van der Waals surface area contributed by atoms with E-state index in [4.69, 9.17) is 11.6 Å². The van der Waals surface area contributed by atoms with E-state index in [0.29, 0.717) is 5.02 Å². The maximum Gasteiger partial charge on any atom is 0.282 e. The van der Waals surface area contributed by atoms with E-state index in [1.54, 1.807) is 31.3 Å². The molecule has 0 heterocycles. The number of rotatable bonds is 5. The molecule has 120 valence electrons. The lowest BCUT2D eigenvalue weighted by molar-refractivity contribution is -0.385. The number of nitrogens with zero attached hydrogens (tertiary/aromatic N) is 2. The van der Waals surface area contributed by atoms with Crippen molar-refractivity contribution >= 4 is 35.0 Å². The quantitative estimate of drug-likeness (QED) is 0.459. The standard InChI is InChI=1S/C16H15ClN2O3S/c1-18(10-11-5-3-4-6-14(11)17)16(20)13-9-12(23-2)7-8-15(13)19(21)22/h3-9H,10H2,1-2H3. The highest BCUT2D eigenvalue weighted by Crippen LogP contribution is 2.26. The van der Waals surface area contributed by atoms with Gasteiger partial charge in [0.1, 0.15) is 5.56 Å². The van der Waals surface area contributed by atoms with Gasteiger partial charge in [-0.1, -0.05) is 29.8 Å². The molecule has 0 aromatic heterocycles. The van der Waals surface area contributed by atoms with E-state index in [9.17, 15) is 14.9 Å². The minimum atomic E-state index is -0.541. The Hall–Kier alpha value is -2.05. The highest BCUT2D eigenvalue weighted by molar-refractivity contribution is 7.98. The Bertz CT molecular complexity index is 752. The highest BCUT2D eigenvalue weighted by atomic mass is 35.5. The molecule has 0 bridgehead atoms. The fourth-order valence-corrected chi connectivity index (χ4v) is 2.77. The Labute approximate surface area is 143 Å². The van der Waals surface area contributed by atoms with Crippen LogP contribution in [-0.2, 0) is 6.54 Å². The minimum absolute atomic E-state index is 0.0800. The average Bonchev–Trinajstić information content (AvgIpc) is 2.55. The van der Waals surface area contributed by atoms with Gasteiger partial charge in [0.15, 0.2) is 0 Å². The third-order valence-electron chi connectivity index (χ3n) is 3.34. The van der Waals surface area contributed by atoms with Crippen molar-refractivity contribution in [2.45, 2.75) is 11.4 Å². The number of carbonyl (C=O) groups excluding carboxylic acids is 1. The van der Waals surface area contributed by atoms with E-state index in [1.165, 1.54) is 22.7 Å². The number of thioether (sulfide) groups is 1. The summed E-state index contributed by atoms with van der Waals surface area (Å²) >= 11 is 7.52. The first-order chi connectivity index (χ1) is 10.9. The van der Waals surface area contributed by atoms with Crippen LogP contribution >= 0.6 is 23.4 Å². The topological polar surface area (TPSA) is 63.5 Å². The number of nitro groups is 1. The van der Waals surface area contributed by atoms with Crippen molar-refractivity contribution in [2.24, 2.45) is 0 Å². The number of hydrogen-bond acceptors (Lipinski definition) is 4. The van der Waals surface area contributed by atoms with E-state index in [1.807, 2.05) is 18.4 Å². The molecule has 0 unspecified atom stereocenters. The van der Waals surface area contributed by atoms with E-state index in [-0.39, 0.29) is 17.8 Å². The number of hydrogen-bond donors (Lipinski definition) is 0. The minimum Gasteiger partial charge on any atom is -0.337 e. The predicted molar refractivity (Wildman–Crippen MR) is 92.1 cm³/mol. The van der Waals surface area contributed by atoms with Gasteiger partial charge >= 0.3 is 0 Å². The number of nitro benzene ring substituents is 1. The van der Waals surface area contributed by atoms with Crippen LogP contribution in [0.3, 0.4) is 0 Å². The Morgan fingerprint density at radius 1 is 1.30 bits per heavy atom. The van der Waals surface area contributed by atoms with Crippen LogP contribution in [0, 0.1) is 10.1 Å². The molecule has 1 amide bonds. The second-order valence-electron chi connectivity index (χ2n) is 4.89. The maximum absolute atomic E-state index is 12.6. The first-order valence-corrected chi connectivity index (χ1v) is 8.35. The van der Waals surface area contributed by atoms with Crippen LogP contribution in [0.15, 0.2) is 47.4 Å². The number of benzene rings is 2. The van der Waals surface area contributed by atoms with Crippen molar-refractivity contribution in [3.63, 3.8) is 0 Å². The zero-order chi connectivity index (χ0) is 17.0. The molecule has 0 radical (unpaired) electrons. The Morgan fingerprint density at radius 2 is 2.00 bits per heavy atom. The second-order valence-corrected chi connectivity index (χ2v) is 6.18. The van der Waals surface area contributed by atoms with E-state index >= 15 is 0 Å². The van der Waals surface area contributed by atoms with Gasteiger partial charge < -0.3 is 4.90 Å². The molecule has 0 spiro atoms. The van der Waals surface area contributed by atoms with Gasteiger partial charge in [0.25, 0.3) is 11.6 Å². The molecular formula is C16H15ClN2O3S. The highest BCUT2D eigenvalue weighted by Gasteiger charge is 2.23. The molecular weight excluding hydrogens is 336 g/mol. The van der Waals surface area contributed by atoms with Crippen molar-refractivity contribution in [1.82, 2.24) is 4.90 Å². The maximum atomic E-state index is 12.6. The third kappa shape index (κ3) is 4.03. The van der Waals surface area contributed by atoms with Gasteiger partial charge in [-0.05, 0) is 30.0 Å². The molecule has 2 rings (SSSR count). The van der Waals surface area contributed by atoms with Crippen molar-refractivity contribution in [3.05, 3.63) is 68.7 Å². The lowest BCUT2D eigenvalue weighted by Crippen LogP contribution is -2.27. The molecule has 5 nitrogen and oxygen atoms in total. The van der Waals surface area contributed by atoms with Crippen LogP contribution in [-0.4, -0.2) is 29.0 Å². The molecule has 0 atom stereocenters. The van der Waals surface area contributed by atoms with Crippen molar-refractivity contribution in [1.29, 1.82) is 0 Å². The van der Waals surface area contributed by atoms with Crippen LogP contribution in [0.2, 0.25) is 5.02 Å². The molecule has 2 aromatic rings. The summed E-state index contributed by atoms with van der Waals surface area (Å²) in [6.45, 7) is 0.277. The van der Waals surface area contributed by atoms with Gasteiger partial charge in [-0.15, -0.1) is 11.8 Å². The number of amides is 1. The van der Waals surface area contributed by atoms with E-state index < -0.39 is 10.8 Å². The summed E-state index contributed by atoms with van der Waals surface area (Å²) in [6, 6.07) is 11.7. The molecule has 7 heteroatoms. The first-order valence-electron chi connectivity index (χ1n) is 6.75. The molecule has 0 fully saturated rings. The number of halogens is 1. The second kappa shape index (κ2) is 7.48. The predicted octanol–water partition coefficient (Wildman–Crippen LogP) is 4.24. The van der Waals surface area contributed by atoms with E-state index in [0.717, 1.165) is 10.5 Å². The molecule has 0 aliphatic carbocycles. The van der Waals surface area contributed by atoms with Gasteiger partial charge in [0.05, 0.1) is 4.92 Å². The van der Waals surface area contributed by atoms with E-state index in [2.05, 4.69) is 0 Å². The molecule has 0 aliphatic rings. The van der Waals surface area contributed by atoms with Crippen molar-refractivity contribution in [2.75, 3.05) is 13.3 Å². The van der Waals surface area contributed by atoms with Gasteiger partial charge in [0.2, 0.25) is 0 Å². The molecule has 0 N–H and O–H groups in total. The summed E-state index contributed by atoms with van der Waals surface area (Å²) in [5.41, 5.74) is 0.670. The zero-order valence-corrected chi connectivity index (χ0v) is 14.2. The van der Waals surface area contributed by atoms with Crippen LogP contribution in [0.5, 0.6) is 0 Å². The summed E-state index contributed by atoms with van der Waals surface area (Å²) in [6.07, 6.45) is 1.85. The third-order valence-corrected chi connectivity index (χ3v) is 4.44. The fourth-order valence-electron chi connectivity index (χ4n) is 2.13. The lowest BCUT2D eigenvalue weighted by atomic mass is 10.1. The summed E-state index contributed by atoms with van der Waals surface area (Å²) in [7, 11) is 1.60. The van der Waals surface area contributed by atoms with Gasteiger partial charge in [-0.3, -0.25) is 14.9 Å². The molecule has 0 saturated carbocycles. The monoisotopic (exact) mass is 350 g/mol. The first kappa shape index (κ1) is 17.3. The normalized spacial score (nSPS) is 10.4. The Balaban J connectivity index is 2.32. The Morgan fingerprint density at radius 3 is 2.61 bits per heavy atom. The average molecular weight is 351 g/mol. The largest absolute Gasteiger partial charge is 0.337 e. The Kier molecular flexibility index (Phi) is 5.63. The fraction of sp³-hybridized carbons (Fsp3) is 0.188. The van der Waals surface area contributed by atoms with Crippen LogP contribution in [0.1, 0.15) is 15.9 Å². The summed E-state index contributed by atoms with van der Waals surface area (Å²) < 4.78 is 0. The van der Waals surface area contributed by atoms with Gasteiger partial charge in [-0.2, -0.15) is 0 Å². The molecule has 0 saturated heterocycles. The lowest BCUT2D eigenvalue weighted by Gasteiger charge is -2.18. The van der Waals surface area contributed by atoms with Gasteiger partial charge in [0, 0.05) is 29.6 Å². The van der Waals surface area contributed by atoms with Gasteiger partial charge in [-0.25, -0.2) is 0 Å². The van der Waals surface area contributed by atoms with Crippen LogP contribution < -0.4 is 0 Å². The molecule has 2 aromatic carbocycles. The summed E-state index contributed by atoms with van der Waals surface area (Å²) in [5, 5.41) is 11.7. The van der Waals surface area contributed by atoms with Crippen molar-refractivity contribution in [3.8, 4) is 0 Å². The zero-order valence-electron chi connectivity index (χ0n) is 12.7. The van der Waals surface area contributed by atoms with Crippen molar-refractivity contribution < 1.29 is 9.72 Å². The molecule has 23 heavy (non-hydrogen) atoms. The smallest absolute Gasteiger partial charge is 0.282 e. The molecule has 0 aliphatic heterocycles.